The largest absolute Gasteiger partial charge is 0.486 e. The number of rotatable bonds is 6. The Morgan fingerprint density at radius 3 is 2.77 bits per heavy atom. The van der Waals surface area contributed by atoms with Crippen LogP contribution in [-0.4, -0.2) is 56.1 Å². The minimum atomic E-state index is 0.0127. The third-order valence-corrected chi connectivity index (χ3v) is 3.43. The van der Waals surface area contributed by atoms with Crippen molar-refractivity contribution in [2.24, 2.45) is 0 Å². The van der Waals surface area contributed by atoms with Gasteiger partial charge in [-0.1, -0.05) is 18.2 Å². The summed E-state index contributed by atoms with van der Waals surface area (Å²) in [5, 5.41) is 0. The number of likely N-dealkylation sites (N-methyl/N-ethyl adjacent to an activating group) is 2. The molecule has 5 heteroatoms. The van der Waals surface area contributed by atoms with E-state index in [4.69, 9.17) is 9.47 Å². The third-order valence-electron chi connectivity index (χ3n) is 3.43. The van der Waals surface area contributed by atoms with Crippen molar-refractivity contribution in [2.75, 3.05) is 40.4 Å². The number of amides is 1. The second-order valence-electron chi connectivity index (χ2n) is 5.46. The maximum Gasteiger partial charge on any atom is 0.246 e. The van der Waals surface area contributed by atoms with E-state index in [1.54, 1.807) is 11.0 Å². The molecule has 1 aromatic rings. The summed E-state index contributed by atoms with van der Waals surface area (Å²) in [4.78, 5) is 16.1. The number of fused-ring (bicyclic) bond motifs is 1. The van der Waals surface area contributed by atoms with Crippen LogP contribution in [0.15, 0.2) is 30.4 Å². The van der Waals surface area contributed by atoms with Crippen LogP contribution in [0.2, 0.25) is 0 Å². The highest BCUT2D eigenvalue weighted by Gasteiger charge is 2.18. The number of para-hydroxylation sites is 1. The molecular weight excluding hydrogens is 280 g/mol. The van der Waals surface area contributed by atoms with Gasteiger partial charge in [0.05, 0.1) is 0 Å². The van der Waals surface area contributed by atoms with E-state index in [1.165, 1.54) is 0 Å². The van der Waals surface area contributed by atoms with Crippen molar-refractivity contribution in [1.29, 1.82) is 0 Å². The minimum Gasteiger partial charge on any atom is -0.486 e. The molecule has 0 saturated carbocycles. The van der Waals surface area contributed by atoms with Gasteiger partial charge in [0, 0.05) is 31.3 Å². The molecule has 5 nitrogen and oxygen atoms in total. The third kappa shape index (κ3) is 4.24. The van der Waals surface area contributed by atoms with Crippen molar-refractivity contribution in [3.8, 4) is 11.5 Å². The first-order valence-electron chi connectivity index (χ1n) is 7.59. The van der Waals surface area contributed by atoms with Crippen LogP contribution < -0.4 is 9.47 Å². The molecule has 1 aliphatic rings. The summed E-state index contributed by atoms with van der Waals surface area (Å²) in [6.07, 6.45) is 3.52. The molecule has 2 rings (SSSR count). The molecule has 1 heterocycles. The van der Waals surface area contributed by atoms with Crippen LogP contribution in [0.4, 0.5) is 0 Å². The number of ether oxygens (including phenoxy) is 2. The lowest BCUT2D eigenvalue weighted by Gasteiger charge is -2.24. The van der Waals surface area contributed by atoms with E-state index in [2.05, 4.69) is 0 Å². The highest BCUT2D eigenvalue weighted by Crippen LogP contribution is 2.34. The highest BCUT2D eigenvalue weighted by atomic mass is 16.6. The van der Waals surface area contributed by atoms with Crippen LogP contribution in [-0.2, 0) is 11.3 Å². The van der Waals surface area contributed by atoms with Crippen molar-refractivity contribution in [1.82, 2.24) is 9.80 Å². The molecule has 0 N–H and O–H groups in total. The normalized spacial score (nSPS) is 13.6. The molecule has 0 aromatic heterocycles. The summed E-state index contributed by atoms with van der Waals surface area (Å²) >= 11 is 0. The van der Waals surface area contributed by atoms with Gasteiger partial charge in [0.1, 0.15) is 13.2 Å². The smallest absolute Gasteiger partial charge is 0.246 e. The zero-order valence-electron chi connectivity index (χ0n) is 13.5. The first kappa shape index (κ1) is 16.4. The van der Waals surface area contributed by atoms with E-state index >= 15 is 0 Å². The number of hydrogen-bond acceptors (Lipinski definition) is 4. The summed E-state index contributed by atoms with van der Waals surface area (Å²) in [6.45, 7) is 5.02. The van der Waals surface area contributed by atoms with Crippen molar-refractivity contribution >= 4 is 5.91 Å². The first-order valence-corrected chi connectivity index (χ1v) is 7.59. The first-order chi connectivity index (χ1) is 10.6. The van der Waals surface area contributed by atoms with Crippen molar-refractivity contribution in [3.05, 3.63) is 35.9 Å². The van der Waals surface area contributed by atoms with E-state index < -0.39 is 0 Å². The lowest BCUT2D eigenvalue weighted by Crippen LogP contribution is -2.29. The lowest BCUT2D eigenvalue weighted by molar-refractivity contribution is -0.126. The van der Waals surface area contributed by atoms with Gasteiger partial charge in [-0.3, -0.25) is 4.79 Å². The summed E-state index contributed by atoms with van der Waals surface area (Å²) in [7, 11) is 3.94. The second kappa shape index (κ2) is 7.84. The number of carbonyl (C=O) groups is 1. The maximum absolute atomic E-state index is 12.3. The molecule has 0 saturated heterocycles. The molecule has 0 radical (unpaired) electrons. The Morgan fingerprint density at radius 1 is 1.27 bits per heavy atom. The van der Waals surface area contributed by atoms with Crippen LogP contribution in [0, 0.1) is 0 Å². The maximum atomic E-state index is 12.3. The SMILES string of the molecule is CCN(Cc1cccc2c1OCCO2)C(=O)/C=C/CN(C)C. The van der Waals surface area contributed by atoms with E-state index in [1.807, 2.05) is 50.2 Å². The molecule has 1 aliphatic heterocycles. The Bertz CT molecular complexity index is 541. The molecule has 0 fully saturated rings. The Hall–Kier alpha value is -2.01. The van der Waals surface area contributed by atoms with Gasteiger partial charge >= 0.3 is 0 Å². The minimum absolute atomic E-state index is 0.0127. The molecule has 1 aromatic carbocycles. The van der Waals surface area contributed by atoms with E-state index in [-0.39, 0.29) is 5.91 Å². The summed E-state index contributed by atoms with van der Waals surface area (Å²) < 4.78 is 11.3. The highest BCUT2D eigenvalue weighted by molar-refractivity contribution is 5.87. The summed E-state index contributed by atoms with van der Waals surface area (Å²) in [5.41, 5.74) is 0.980. The zero-order valence-corrected chi connectivity index (χ0v) is 13.5. The zero-order chi connectivity index (χ0) is 15.9. The topological polar surface area (TPSA) is 42.0 Å². The number of hydrogen-bond donors (Lipinski definition) is 0. The molecule has 1 amide bonds. The van der Waals surface area contributed by atoms with Gasteiger partial charge in [0.2, 0.25) is 5.91 Å². The molecule has 0 unspecified atom stereocenters. The number of carbonyl (C=O) groups excluding carboxylic acids is 1. The van der Waals surface area contributed by atoms with Gasteiger partial charge in [-0.2, -0.15) is 0 Å². The van der Waals surface area contributed by atoms with Crippen LogP contribution in [0.3, 0.4) is 0 Å². The van der Waals surface area contributed by atoms with E-state index in [0.717, 1.165) is 23.6 Å². The van der Waals surface area contributed by atoms with Gasteiger partial charge in [-0.05, 0) is 27.1 Å². The number of benzene rings is 1. The van der Waals surface area contributed by atoms with Crippen molar-refractivity contribution < 1.29 is 14.3 Å². The quantitative estimate of drug-likeness (QED) is 0.753. The van der Waals surface area contributed by atoms with Gasteiger partial charge in [0.15, 0.2) is 11.5 Å². The fourth-order valence-corrected chi connectivity index (χ4v) is 2.28. The predicted molar refractivity (Wildman–Crippen MR) is 86.2 cm³/mol. The van der Waals surface area contributed by atoms with E-state index in [0.29, 0.717) is 26.3 Å². The standard InChI is InChI=1S/C17H24N2O3/c1-4-19(16(20)9-6-10-18(2)3)13-14-7-5-8-15-17(14)22-12-11-21-15/h5-9H,4,10-13H2,1-3H3/b9-6+. The monoisotopic (exact) mass is 304 g/mol. The van der Waals surface area contributed by atoms with Crippen LogP contribution in [0.5, 0.6) is 11.5 Å². The Morgan fingerprint density at radius 2 is 2.05 bits per heavy atom. The van der Waals surface area contributed by atoms with Crippen LogP contribution >= 0.6 is 0 Å². The Labute approximate surface area is 132 Å². The van der Waals surface area contributed by atoms with Gasteiger partial charge in [-0.15, -0.1) is 0 Å². The van der Waals surface area contributed by atoms with Crippen LogP contribution in [0.25, 0.3) is 0 Å². The second-order valence-corrected chi connectivity index (χ2v) is 5.46. The lowest BCUT2D eigenvalue weighted by atomic mass is 10.1. The summed E-state index contributed by atoms with van der Waals surface area (Å²) in [5.74, 6) is 1.53. The molecule has 0 spiro atoms. The molecule has 0 aliphatic carbocycles. The Balaban J connectivity index is 2.07. The van der Waals surface area contributed by atoms with Crippen LogP contribution in [0.1, 0.15) is 12.5 Å². The van der Waals surface area contributed by atoms with Gasteiger partial charge < -0.3 is 19.3 Å². The van der Waals surface area contributed by atoms with Gasteiger partial charge in [0.25, 0.3) is 0 Å². The molecule has 0 atom stereocenters. The fourth-order valence-electron chi connectivity index (χ4n) is 2.28. The predicted octanol–water partition coefficient (Wildman–Crippen LogP) is 1.92. The van der Waals surface area contributed by atoms with Crippen molar-refractivity contribution in [3.63, 3.8) is 0 Å². The molecular formula is C17H24N2O3. The number of nitrogens with zero attached hydrogens (tertiary/aromatic N) is 2. The molecule has 22 heavy (non-hydrogen) atoms. The van der Waals surface area contributed by atoms with Gasteiger partial charge in [-0.25, -0.2) is 0 Å². The molecule has 120 valence electrons. The average Bonchev–Trinajstić information content (AvgIpc) is 2.52. The Kier molecular flexibility index (Phi) is 5.83. The van der Waals surface area contributed by atoms with Crippen molar-refractivity contribution in [2.45, 2.75) is 13.5 Å². The fraction of sp³-hybridized carbons (Fsp3) is 0.471. The summed E-state index contributed by atoms with van der Waals surface area (Å²) in [6, 6.07) is 5.81. The molecule has 0 bridgehead atoms. The average molecular weight is 304 g/mol. The van der Waals surface area contributed by atoms with E-state index in [9.17, 15) is 4.79 Å².